The van der Waals surface area contributed by atoms with Crippen molar-refractivity contribution in [2.45, 2.75) is 51.6 Å². The third-order valence-electron chi connectivity index (χ3n) is 3.23. The van der Waals surface area contributed by atoms with Crippen LogP contribution in [-0.2, 0) is 6.54 Å². The van der Waals surface area contributed by atoms with E-state index in [2.05, 4.69) is 21.4 Å². The van der Waals surface area contributed by atoms with Gasteiger partial charge in [-0.3, -0.25) is 4.90 Å². The molecule has 2 heterocycles. The van der Waals surface area contributed by atoms with E-state index in [0.717, 1.165) is 22.6 Å². The molecule has 1 atom stereocenters. The highest BCUT2D eigenvalue weighted by Crippen LogP contribution is 2.25. The molecule has 5 heteroatoms. The van der Waals surface area contributed by atoms with Gasteiger partial charge in [0.1, 0.15) is 10.0 Å². The van der Waals surface area contributed by atoms with E-state index in [4.69, 9.17) is 11.6 Å². The lowest BCUT2D eigenvalue weighted by Gasteiger charge is -2.35. The maximum atomic E-state index is 6.05. The third kappa shape index (κ3) is 2.93. The molecule has 1 saturated heterocycles. The summed E-state index contributed by atoms with van der Waals surface area (Å²) in [6.45, 7) is 4.31. The Balaban J connectivity index is 1.98. The van der Waals surface area contributed by atoms with Crippen molar-refractivity contribution in [1.82, 2.24) is 14.5 Å². The zero-order valence-electron chi connectivity index (χ0n) is 9.65. The van der Waals surface area contributed by atoms with Crippen LogP contribution in [0.4, 0.5) is 0 Å². The zero-order chi connectivity index (χ0) is 11.4. The molecule has 1 aliphatic rings. The highest BCUT2D eigenvalue weighted by molar-refractivity contribution is 7.10. The second kappa shape index (κ2) is 5.94. The molecule has 1 aromatic rings. The second-order valence-corrected chi connectivity index (χ2v) is 5.76. The third-order valence-corrected chi connectivity index (χ3v) is 4.22. The SMILES string of the molecule is CCCC1CCCCN1Cc1nnsc1Cl. The van der Waals surface area contributed by atoms with E-state index in [1.807, 2.05) is 0 Å². The summed E-state index contributed by atoms with van der Waals surface area (Å²) >= 11 is 7.34. The molecule has 90 valence electrons. The van der Waals surface area contributed by atoms with Gasteiger partial charge in [0.25, 0.3) is 0 Å². The molecule has 0 N–H and O–H groups in total. The number of nitrogens with zero attached hydrogens (tertiary/aromatic N) is 3. The van der Waals surface area contributed by atoms with E-state index in [9.17, 15) is 0 Å². The average molecular weight is 260 g/mol. The lowest BCUT2D eigenvalue weighted by molar-refractivity contribution is 0.130. The minimum atomic E-state index is 0.719. The van der Waals surface area contributed by atoms with Gasteiger partial charge < -0.3 is 0 Å². The van der Waals surface area contributed by atoms with Crippen molar-refractivity contribution in [3.05, 3.63) is 10.0 Å². The summed E-state index contributed by atoms with van der Waals surface area (Å²) < 4.78 is 4.64. The van der Waals surface area contributed by atoms with Crippen molar-refractivity contribution in [3.63, 3.8) is 0 Å². The van der Waals surface area contributed by atoms with E-state index in [1.165, 1.54) is 50.2 Å². The minimum absolute atomic E-state index is 0.719. The smallest absolute Gasteiger partial charge is 0.138 e. The quantitative estimate of drug-likeness (QED) is 0.830. The summed E-state index contributed by atoms with van der Waals surface area (Å²) in [5.41, 5.74) is 0.953. The molecular weight excluding hydrogens is 242 g/mol. The molecule has 1 aromatic heterocycles. The van der Waals surface area contributed by atoms with Crippen molar-refractivity contribution < 1.29 is 0 Å². The highest BCUT2D eigenvalue weighted by atomic mass is 35.5. The van der Waals surface area contributed by atoms with Crippen LogP contribution in [-0.4, -0.2) is 27.1 Å². The van der Waals surface area contributed by atoms with Gasteiger partial charge in [-0.2, -0.15) is 0 Å². The molecule has 1 aliphatic heterocycles. The molecular formula is C11H18ClN3S. The van der Waals surface area contributed by atoms with Crippen LogP contribution in [0.1, 0.15) is 44.7 Å². The first-order valence-electron chi connectivity index (χ1n) is 6.02. The van der Waals surface area contributed by atoms with Crippen LogP contribution in [0.25, 0.3) is 0 Å². The van der Waals surface area contributed by atoms with Crippen LogP contribution in [0.2, 0.25) is 4.34 Å². The monoisotopic (exact) mass is 259 g/mol. The molecule has 16 heavy (non-hydrogen) atoms. The molecule has 3 nitrogen and oxygen atoms in total. The molecule has 0 bridgehead atoms. The van der Waals surface area contributed by atoms with Crippen LogP contribution >= 0.6 is 23.1 Å². The summed E-state index contributed by atoms with van der Waals surface area (Å²) in [7, 11) is 0. The van der Waals surface area contributed by atoms with Crippen LogP contribution in [0.15, 0.2) is 0 Å². The fourth-order valence-corrected chi connectivity index (χ4v) is 3.02. The van der Waals surface area contributed by atoms with Crippen LogP contribution < -0.4 is 0 Å². The van der Waals surface area contributed by atoms with Gasteiger partial charge >= 0.3 is 0 Å². The zero-order valence-corrected chi connectivity index (χ0v) is 11.2. The normalized spacial score (nSPS) is 22.5. The van der Waals surface area contributed by atoms with Crippen LogP contribution in [0.5, 0.6) is 0 Å². The number of piperidine rings is 1. The Morgan fingerprint density at radius 3 is 3.06 bits per heavy atom. The molecule has 1 fully saturated rings. The fraction of sp³-hybridized carbons (Fsp3) is 0.818. The Bertz CT molecular complexity index is 327. The minimum Gasteiger partial charge on any atom is -0.294 e. The molecule has 0 saturated carbocycles. The molecule has 0 radical (unpaired) electrons. The summed E-state index contributed by atoms with van der Waals surface area (Å²) in [6, 6.07) is 0.719. The van der Waals surface area contributed by atoms with Crippen molar-refractivity contribution in [2.75, 3.05) is 6.54 Å². The van der Waals surface area contributed by atoms with Gasteiger partial charge in [0.05, 0.1) is 0 Å². The predicted molar refractivity (Wildman–Crippen MR) is 67.9 cm³/mol. The van der Waals surface area contributed by atoms with E-state index in [-0.39, 0.29) is 0 Å². The summed E-state index contributed by atoms with van der Waals surface area (Å²) in [5.74, 6) is 0. The predicted octanol–water partition coefficient (Wildman–Crippen LogP) is 3.35. The molecule has 0 spiro atoms. The topological polar surface area (TPSA) is 29.0 Å². The van der Waals surface area contributed by atoms with Crippen molar-refractivity contribution >= 4 is 23.1 Å². The molecule has 0 amide bonds. The Morgan fingerprint density at radius 1 is 1.50 bits per heavy atom. The number of halogens is 1. The summed E-state index contributed by atoms with van der Waals surface area (Å²) in [6.07, 6.45) is 6.53. The van der Waals surface area contributed by atoms with Gasteiger partial charge in [0, 0.05) is 24.1 Å². The number of aromatic nitrogens is 2. The lowest BCUT2D eigenvalue weighted by Crippen LogP contribution is -2.38. The second-order valence-electron chi connectivity index (χ2n) is 4.40. The molecule has 2 rings (SSSR count). The van der Waals surface area contributed by atoms with Crippen LogP contribution in [0.3, 0.4) is 0 Å². The molecule has 1 unspecified atom stereocenters. The summed E-state index contributed by atoms with van der Waals surface area (Å²) in [4.78, 5) is 2.52. The van der Waals surface area contributed by atoms with Crippen molar-refractivity contribution in [1.29, 1.82) is 0 Å². The maximum Gasteiger partial charge on any atom is 0.138 e. The highest BCUT2D eigenvalue weighted by Gasteiger charge is 2.23. The Morgan fingerprint density at radius 2 is 2.38 bits per heavy atom. The van der Waals surface area contributed by atoms with E-state index >= 15 is 0 Å². The Kier molecular flexibility index (Phi) is 4.55. The number of hydrogen-bond donors (Lipinski definition) is 0. The van der Waals surface area contributed by atoms with Crippen molar-refractivity contribution in [2.24, 2.45) is 0 Å². The molecule has 0 aliphatic carbocycles. The summed E-state index contributed by atoms with van der Waals surface area (Å²) in [5, 5.41) is 4.10. The largest absolute Gasteiger partial charge is 0.294 e. The average Bonchev–Trinajstić information content (AvgIpc) is 2.68. The first-order chi connectivity index (χ1) is 7.81. The van der Waals surface area contributed by atoms with E-state index in [0.29, 0.717) is 0 Å². The Hall–Kier alpha value is -0.190. The fourth-order valence-electron chi connectivity index (χ4n) is 2.41. The van der Waals surface area contributed by atoms with Gasteiger partial charge in [-0.25, -0.2) is 0 Å². The Labute approximate surface area is 106 Å². The number of likely N-dealkylation sites (tertiary alicyclic amines) is 1. The first-order valence-corrected chi connectivity index (χ1v) is 7.17. The van der Waals surface area contributed by atoms with Gasteiger partial charge in [-0.05, 0) is 25.8 Å². The van der Waals surface area contributed by atoms with Gasteiger partial charge in [-0.1, -0.05) is 35.9 Å². The van der Waals surface area contributed by atoms with E-state index in [1.54, 1.807) is 0 Å². The van der Waals surface area contributed by atoms with Gasteiger partial charge in [-0.15, -0.1) is 5.10 Å². The number of hydrogen-bond acceptors (Lipinski definition) is 4. The first kappa shape index (κ1) is 12.3. The van der Waals surface area contributed by atoms with Gasteiger partial charge in [0.15, 0.2) is 0 Å². The lowest BCUT2D eigenvalue weighted by atomic mass is 9.98. The standard InChI is InChI=1S/C11H18ClN3S/c1-2-5-9-6-3-4-7-15(9)8-10-11(12)16-14-13-10/h9H,2-8H2,1H3. The van der Waals surface area contributed by atoms with Crippen LogP contribution in [0, 0.1) is 0 Å². The van der Waals surface area contributed by atoms with Crippen molar-refractivity contribution in [3.8, 4) is 0 Å². The van der Waals surface area contributed by atoms with Gasteiger partial charge in [0.2, 0.25) is 0 Å². The van der Waals surface area contributed by atoms with E-state index < -0.39 is 0 Å². The maximum absolute atomic E-state index is 6.05. The molecule has 0 aromatic carbocycles. The number of rotatable bonds is 4.